The van der Waals surface area contributed by atoms with Crippen LogP contribution in [0.4, 0.5) is 0 Å². The molecular weight excluding hydrogens is 358 g/mol. The second-order valence-electron chi connectivity index (χ2n) is 6.40. The van der Waals surface area contributed by atoms with E-state index in [1.807, 2.05) is 24.3 Å². The molecule has 3 N–H and O–H groups in total. The van der Waals surface area contributed by atoms with Crippen molar-refractivity contribution >= 4 is 24.2 Å². The highest BCUT2D eigenvalue weighted by Gasteiger charge is 2.23. The summed E-state index contributed by atoms with van der Waals surface area (Å²) in [6.07, 6.45) is 2.88. The fourth-order valence-electron chi connectivity index (χ4n) is 2.59. The number of carbonyl (C=O) groups excluding carboxylic acids is 2. The summed E-state index contributed by atoms with van der Waals surface area (Å²) in [5, 5.41) is 8.92. The normalized spacial score (nSPS) is 19.2. The zero-order valence-corrected chi connectivity index (χ0v) is 15.5. The van der Waals surface area contributed by atoms with Crippen LogP contribution in [0.1, 0.15) is 18.4 Å². The molecule has 7 nitrogen and oxygen atoms in total. The number of hydrogen-bond acceptors (Lipinski definition) is 5. The Labute approximate surface area is 159 Å². The molecule has 1 aromatic carbocycles. The molecule has 8 heteroatoms. The molecular formula is C18H26ClN3O4. The van der Waals surface area contributed by atoms with E-state index in [0.29, 0.717) is 38.1 Å². The Bertz CT molecular complexity index is 587. The molecule has 0 aromatic heterocycles. The maximum Gasteiger partial charge on any atom is 0.258 e. The van der Waals surface area contributed by atoms with Crippen molar-refractivity contribution in [2.24, 2.45) is 0 Å². The minimum atomic E-state index is -0.258. The first-order valence-electron chi connectivity index (χ1n) is 8.80. The quantitative estimate of drug-likeness (QED) is 0.605. The molecule has 0 radical (unpaired) electrons. The first kappa shape index (κ1) is 20.5. The molecule has 1 atom stereocenters. The minimum absolute atomic E-state index is 0. The topological polar surface area (TPSA) is 88.7 Å². The van der Waals surface area contributed by atoms with Crippen molar-refractivity contribution in [1.29, 1.82) is 0 Å². The van der Waals surface area contributed by atoms with Crippen molar-refractivity contribution in [2.75, 3.05) is 32.9 Å². The van der Waals surface area contributed by atoms with Gasteiger partial charge in [0, 0.05) is 19.1 Å². The molecule has 2 aliphatic rings. The highest BCUT2D eigenvalue weighted by atomic mass is 35.5. The van der Waals surface area contributed by atoms with Crippen molar-refractivity contribution < 1.29 is 19.1 Å². The minimum Gasteiger partial charge on any atom is -0.484 e. The first-order chi connectivity index (χ1) is 12.2. The van der Waals surface area contributed by atoms with Crippen molar-refractivity contribution in [1.82, 2.24) is 16.0 Å². The number of halogens is 1. The molecule has 2 amide bonds. The molecule has 0 bridgehead atoms. The molecule has 2 fully saturated rings. The highest BCUT2D eigenvalue weighted by molar-refractivity contribution is 5.85. The molecule has 0 spiro atoms. The van der Waals surface area contributed by atoms with Crippen LogP contribution >= 0.6 is 12.4 Å². The van der Waals surface area contributed by atoms with Crippen LogP contribution in [-0.4, -0.2) is 56.8 Å². The van der Waals surface area contributed by atoms with Gasteiger partial charge in [-0.3, -0.25) is 9.59 Å². The first-order valence-corrected chi connectivity index (χ1v) is 8.80. The number of hydrogen-bond donors (Lipinski definition) is 3. The molecule has 1 aromatic rings. The molecule has 26 heavy (non-hydrogen) atoms. The predicted molar refractivity (Wildman–Crippen MR) is 99.7 cm³/mol. The van der Waals surface area contributed by atoms with Gasteiger partial charge in [0.25, 0.3) is 5.91 Å². The lowest BCUT2D eigenvalue weighted by atomic mass is 10.1. The summed E-state index contributed by atoms with van der Waals surface area (Å²) >= 11 is 0. The van der Waals surface area contributed by atoms with Crippen molar-refractivity contribution in [3.05, 3.63) is 29.8 Å². The second kappa shape index (κ2) is 10.4. The molecule has 1 aliphatic heterocycles. The van der Waals surface area contributed by atoms with Crippen LogP contribution in [0.3, 0.4) is 0 Å². The number of amides is 2. The molecule has 1 aliphatic carbocycles. The Hall–Kier alpha value is -1.83. The van der Waals surface area contributed by atoms with E-state index in [9.17, 15) is 9.59 Å². The van der Waals surface area contributed by atoms with E-state index >= 15 is 0 Å². The van der Waals surface area contributed by atoms with Gasteiger partial charge >= 0.3 is 0 Å². The Morgan fingerprint density at radius 1 is 1.23 bits per heavy atom. The van der Waals surface area contributed by atoms with Crippen molar-refractivity contribution in [3.8, 4) is 5.75 Å². The number of morpholine rings is 1. The molecule has 144 valence electrons. The zero-order chi connectivity index (χ0) is 17.5. The summed E-state index contributed by atoms with van der Waals surface area (Å²) < 4.78 is 10.7. The largest absolute Gasteiger partial charge is 0.484 e. The zero-order valence-electron chi connectivity index (χ0n) is 14.7. The lowest BCUT2D eigenvalue weighted by molar-refractivity contribution is -0.126. The SMILES string of the molecule is Cl.O=C(COc1ccc(CCNC(=O)C2COCCN2)cc1)NC1CC1. The lowest BCUT2D eigenvalue weighted by Gasteiger charge is -2.22. The average molecular weight is 384 g/mol. The van der Waals surface area contributed by atoms with Crippen molar-refractivity contribution in [2.45, 2.75) is 31.3 Å². The second-order valence-corrected chi connectivity index (χ2v) is 6.40. The van der Waals surface area contributed by atoms with E-state index in [4.69, 9.17) is 9.47 Å². The number of nitrogens with one attached hydrogen (secondary N) is 3. The molecule has 1 heterocycles. The maximum absolute atomic E-state index is 12.0. The van der Waals surface area contributed by atoms with Crippen LogP contribution < -0.4 is 20.7 Å². The summed E-state index contributed by atoms with van der Waals surface area (Å²) in [5.41, 5.74) is 1.10. The average Bonchev–Trinajstić information content (AvgIpc) is 3.45. The fraction of sp³-hybridized carbons (Fsp3) is 0.556. The standard InChI is InChI=1S/C18H25N3O4.ClH/c22-17(21-14-3-4-14)12-25-15-5-1-13(2-6-15)7-8-20-18(23)16-11-24-10-9-19-16;/h1-2,5-6,14,16,19H,3-4,7-12H2,(H,20,23)(H,21,22);1H. The molecule has 1 unspecified atom stereocenters. The lowest BCUT2D eigenvalue weighted by Crippen LogP contribution is -2.51. The summed E-state index contributed by atoms with van der Waals surface area (Å²) in [6, 6.07) is 7.68. The van der Waals surface area contributed by atoms with Gasteiger partial charge in [-0.2, -0.15) is 0 Å². The van der Waals surface area contributed by atoms with Gasteiger partial charge in [-0.25, -0.2) is 0 Å². The van der Waals surface area contributed by atoms with E-state index in [-0.39, 0.29) is 36.9 Å². The van der Waals surface area contributed by atoms with Gasteiger partial charge in [0.1, 0.15) is 11.8 Å². The molecule has 1 saturated heterocycles. The number of ether oxygens (including phenoxy) is 2. The summed E-state index contributed by atoms with van der Waals surface area (Å²) in [7, 11) is 0. The third kappa shape index (κ3) is 6.82. The van der Waals surface area contributed by atoms with Crippen molar-refractivity contribution in [3.63, 3.8) is 0 Å². The monoisotopic (exact) mass is 383 g/mol. The highest BCUT2D eigenvalue weighted by Crippen LogP contribution is 2.18. The van der Waals surface area contributed by atoms with Gasteiger partial charge in [0.2, 0.25) is 5.91 Å². The molecule has 3 rings (SSSR count). The number of rotatable bonds is 8. The van der Waals surface area contributed by atoms with E-state index in [0.717, 1.165) is 24.8 Å². The van der Waals surface area contributed by atoms with Gasteiger partial charge in [0.15, 0.2) is 6.61 Å². The van der Waals surface area contributed by atoms with Crippen LogP contribution in [0.5, 0.6) is 5.75 Å². The van der Waals surface area contributed by atoms with E-state index in [1.165, 1.54) is 0 Å². The van der Waals surface area contributed by atoms with E-state index in [1.54, 1.807) is 0 Å². The maximum atomic E-state index is 12.0. The van der Waals surface area contributed by atoms with Crippen LogP contribution in [0, 0.1) is 0 Å². The summed E-state index contributed by atoms with van der Waals surface area (Å²) in [5.74, 6) is 0.568. The van der Waals surface area contributed by atoms with Crippen LogP contribution in [-0.2, 0) is 20.7 Å². The van der Waals surface area contributed by atoms with E-state index in [2.05, 4.69) is 16.0 Å². The molecule has 1 saturated carbocycles. The smallest absolute Gasteiger partial charge is 0.258 e. The third-order valence-corrected chi connectivity index (χ3v) is 4.19. The van der Waals surface area contributed by atoms with Gasteiger partial charge in [-0.1, -0.05) is 12.1 Å². The van der Waals surface area contributed by atoms with Gasteiger partial charge in [-0.15, -0.1) is 12.4 Å². The van der Waals surface area contributed by atoms with Crippen LogP contribution in [0.15, 0.2) is 24.3 Å². The van der Waals surface area contributed by atoms with E-state index < -0.39 is 0 Å². The Balaban J connectivity index is 0.00000243. The summed E-state index contributed by atoms with van der Waals surface area (Å²) in [6.45, 7) is 2.40. The predicted octanol–water partition coefficient (Wildman–Crippen LogP) is 0.413. The fourth-order valence-corrected chi connectivity index (χ4v) is 2.59. The van der Waals surface area contributed by atoms with Gasteiger partial charge in [-0.05, 0) is 37.0 Å². The van der Waals surface area contributed by atoms with Crippen LogP contribution in [0.25, 0.3) is 0 Å². The number of benzene rings is 1. The van der Waals surface area contributed by atoms with Gasteiger partial charge < -0.3 is 25.4 Å². The summed E-state index contributed by atoms with van der Waals surface area (Å²) in [4.78, 5) is 23.5. The Morgan fingerprint density at radius 3 is 2.65 bits per heavy atom. The van der Waals surface area contributed by atoms with Crippen LogP contribution in [0.2, 0.25) is 0 Å². The third-order valence-electron chi connectivity index (χ3n) is 4.19. The Kier molecular flexibility index (Phi) is 8.15. The van der Waals surface area contributed by atoms with Gasteiger partial charge in [0.05, 0.1) is 13.2 Å². The number of carbonyl (C=O) groups is 2. The Morgan fingerprint density at radius 2 is 2.00 bits per heavy atom.